The van der Waals surface area contributed by atoms with Crippen LogP contribution in [-0.2, 0) is 11.3 Å². The van der Waals surface area contributed by atoms with Gasteiger partial charge in [0.15, 0.2) is 5.96 Å². The normalized spacial score (nSPS) is 27.6. The number of ether oxygens (including phenoxy) is 1. The largest absolute Gasteiger partial charge is 0.373 e. The van der Waals surface area contributed by atoms with E-state index in [2.05, 4.69) is 44.4 Å². The molecule has 2 aromatic carbocycles. The van der Waals surface area contributed by atoms with Crippen molar-refractivity contribution in [3.63, 3.8) is 0 Å². The van der Waals surface area contributed by atoms with Gasteiger partial charge in [0.25, 0.3) is 0 Å². The van der Waals surface area contributed by atoms with Gasteiger partial charge in [0.05, 0.1) is 18.8 Å². The second-order valence-corrected chi connectivity index (χ2v) is 8.61. The highest BCUT2D eigenvalue weighted by Gasteiger charge is 2.45. The van der Waals surface area contributed by atoms with Crippen LogP contribution in [0.25, 0.3) is 0 Å². The van der Waals surface area contributed by atoms with Crippen molar-refractivity contribution in [3.05, 3.63) is 71.3 Å². The van der Waals surface area contributed by atoms with Gasteiger partial charge in [0, 0.05) is 50.7 Å². The summed E-state index contributed by atoms with van der Waals surface area (Å²) in [7, 11) is 1.76. The Labute approximate surface area is 204 Å². The molecule has 2 aliphatic heterocycles. The molecular formula is C24H29F2IN4O. The number of hydrogen-bond acceptors (Lipinski definition) is 3. The first-order valence-corrected chi connectivity index (χ1v) is 11.0. The van der Waals surface area contributed by atoms with Gasteiger partial charge in [0.2, 0.25) is 0 Å². The highest BCUT2D eigenvalue weighted by atomic mass is 127. The fourth-order valence-corrected chi connectivity index (χ4v) is 4.95. The van der Waals surface area contributed by atoms with Gasteiger partial charge in [-0.1, -0.05) is 36.4 Å². The highest BCUT2D eigenvalue weighted by molar-refractivity contribution is 14.0. The summed E-state index contributed by atoms with van der Waals surface area (Å²) in [5.74, 6) is -0.321. The summed E-state index contributed by atoms with van der Waals surface area (Å²) in [4.78, 5) is 9.17. The van der Waals surface area contributed by atoms with E-state index in [0.717, 1.165) is 38.7 Å². The predicted octanol–water partition coefficient (Wildman–Crippen LogP) is 3.60. The van der Waals surface area contributed by atoms with Crippen LogP contribution >= 0.6 is 24.0 Å². The zero-order valence-electron chi connectivity index (χ0n) is 18.1. The van der Waals surface area contributed by atoms with E-state index in [0.29, 0.717) is 12.5 Å². The van der Waals surface area contributed by atoms with Gasteiger partial charge < -0.3 is 15.0 Å². The topological polar surface area (TPSA) is 40.1 Å². The number of guanidine groups is 1. The van der Waals surface area contributed by atoms with E-state index in [4.69, 9.17) is 4.74 Å². The zero-order chi connectivity index (χ0) is 21.4. The second kappa shape index (κ2) is 10.0. The molecule has 2 aromatic rings. The molecule has 0 amide bonds. The lowest BCUT2D eigenvalue weighted by Gasteiger charge is -2.36. The molecule has 1 saturated carbocycles. The summed E-state index contributed by atoms with van der Waals surface area (Å²) < 4.78 is 34.3. The standard InChI is InChI=1S/C24H28F2N4O.HI/c1-27-24(28-20-12-17(20)23-18(25)8-5-9-19(23)26)30-14-21-22(15-30)31-11-10-29(21)13-16-6-3-2-4-7-16;/h2-9,17,20-22H,10-15H2,1H3,(H,27,28);1H. The van der Waals surface area contributed by atoms with E-state index >= 15 is 0 Å². The Morgan fingerprint density at radius 2 is 1.84 bits per heavy atom. The summed E-state index contributed by atoms with van der Waals surface area (Å²) in [6, 6.07) is 14.9. The molecule has 8 heteroatoms. The summed E-state index contributed by atoms with van der Waals surface area (Å²) in [5.41, 5.74) is 1.49. The smallest absolute Gasteiger partial charge is 0.194 e. The molecule has 3 fully saturated rings. The maximum Gasteiger partial charge on any atom is 0.194 e. The molecule has 0 spiro atoms. The maximum atomic E-state index is 14.1. The lowest BCUT2D eigenvalue weighted by Crippen LogP contribution is -2.50. The average Bonchev–Trinajstić information content (AvgIpc) is 3.37. The zero-order valence-corrected chi connectivity index (χ0v) is 20.4. The molecule has 4 unspecified atom stereocenters. The van der Waals surface area contributed by atoms with Crippen LogP contribution in [-0.4, -0.2) is 67.2 Å². The molecule has 0 bridgehead atoms. The lowest BCUT2D eigenvalue weighted by atomic mass is 10.1. The molecule has 5 rings (SSSR count). The lowest BCUT2D eigenvalue weighted by molar-refractivity contribution is -0.0502. The van der Waals surface area contributed by atoms with Crippen molar-refractivity contribution in [1.82, 2.24) is 15.1 Å². The Morgan fingerprint density at radius 3 is 2.56 bits per heavy atom. The average molecular weight is 554 g/mol. The molecule has 1 aliphatic carbocycles. The van der Waals surface area contributed by atoms with Gasteiger partial charge in [-0.15, -0.1) is 24.0 Å². The van der Waals surface area contributed by atoms with Gasteiger partial charge >= 0.3 is 0 Å². The third kappa shape index (κ3) is 4.77. The number of benzene rings is 2. The van der Waals surface area contributed by atoms with Crippen LogP contribution in [0, 0.1) is 11.6 Å². The van der Waals surface area contributed by atoms with Crippen LogP contribution in [0.15, 0.2) is 53.5 Å². The molecular weight excluding hydrogens is 525 g/mol. The molecule has 172 valence electrons. The van der Waals surface area contributed by atoms with Crippen molar-refractivity contribution < 1.29 is 13.5 Å². The van der Waals surface area contributed by atoms with Crippen molar-refractivity contribution in [3.8, 4) is 0 Å². The van der Waals surface area contributed by atoms with Crippen LogP contribution in [0.5, 0.6) is 0 Å². The Hall–Kier alpha value is -1.78. The molecule has 3 aliphatic rings. The number of halogens is 3. The van der Waals surface area contributed by atoms with Gasteiger partial charge in [-0.3, -0.25) is 9.89 Å². The molecule has 5 nitrogen and oxygen atoms in total. The van der Waals surface area contributed by atoms with Crippen molar-refractivity contribution in [2.75, 3.05) is 33.3 Å². The van der Waals surface area contributed by atoms with Crippen molar-refractivity contribution in [1.29, 1.82) is 0 Å². The molecule has 32 heavy (non-hydrogen) atoms. The molecule has 0 aromatic heterocycles. The summed E-state index contributed by atoms with van der Waals surface area (Å²) in [5, 5.41) is 3.43. The number of rotatable bonds is 4. The molecule has 0 radical (unpaired) electrons. The van der Waals surface area contributed by atoms with E-state index in [1.54, 1.807) is 7.05 Å². The molecule has 4 atom stereocenters. The molecule has 2 heterocycles. The third-order valence-corrected chi connectivity index (χ3v) is 6.63. The van der Waals surface area contributed by atoms with Gasteiger partial charge in [0.1, 0.15) is 11.6 Å². The first-order valence-electron chi connectivity index (χ1n) is 11.0. The fourth-order valence-electron chi connectivity index (χ4n) is 4.95. The summed E-state index contributed by atoms with van der Waals surface area (Å²) >= 11 is 0. The SMILES string of the molecule is CN=C(NC1CC1c1c(F)cccc1F)N1CC2OCCN(Cc3ccccc3)C2C1.I. The minimum absolute atomic E-state index is 0. The van der Waals surface area contributed by atoms with Crippen LogP contribution in [0.2, 0.25) is 0 Å². The van der Waals surface area contributed by atoms with Gasteiger partial charge in [-0.05, 0) is 24.1 Å². The molecule has 1 N–H and O–H groups in total. The van der Waals surface area contributed by atoms with Crippen LogP contribution in [0.3, 0.4) is 0 Å². The number of likely N-dealkylation sites (tertiary alicyclic amines) is 1. The number of hydrogen-bond donors (Lipinski definition) is 1. The Kier molecular flexibility index (Phi) is 7.31. The fraction of sp³-hybridized carbons (Fsp3) is 0.458. The predicted molar refractivity (Wildman–Crippen MR) is 131 cm³/mol. The van der Waals surface area contributed by atoms with Crippen LogP contribution in [0.4, 0.5) is 8.78 Å². The van der Waals surface area contributed by atoms with E-state index in [1.165, 1.54) is 23.8 Å². The number of morpholine rings is 1. The Morgan fingerprint density at radius 1 is 1.09 bits per heavy atom. The number of fused-ring (bicyclic) bond motifs is 1. The van der Waals surface area contributed by atoms with Crippen LogP contribution in [0.1, 0.15) is 23.5 Å². The van der Waals surface area contributed by atoms with E-state index in [9.17, 15) is 8.78 Å². The van der Waals surface area contributed by atoms with E-state index in [1.807, 2.05) is 6.07 Å². The minimum Gasteiger partial charge on any atom is -0.373 e. The quantitative estimate of drug-likeness (QED) is 0.357. The minimum atomic E-state index is -0.471. The van der Waals surface area contributed by atoms with Gasteiger partial charge in [-0.25, -0.2) is 8.78 Å². The monoisotopic (exact) mass is 554 g/mol. The summed E-state index contributed by atoms with van der Waals surface area (Å²) in [6.45, 7) is 4.13. The first kappa shape index (κ1) is 23.4. The Bertz CT molecular complexity index is 940. The number of nitrogens with zero attached hydrogens (tertiary/aromatic N) is 3. The summed E-state index contributed by atoms with van der Waals surface area (Å²) in [6.07, 6.45) is 0.837. The highest BCUT2D eigenvalue weighted by Crippen LogP contribution is 2.43. The first-order chi connectivity index (χ1) is 15.1. The van der Waals surface area contributed by atoms with Crippen molar-refractivity contribution in [2.24, 2.45) is 4.99 Å². The van der Waals surface area contributed by atoms with Crippen molar-refractivity contribution in [2.45, 2.75) is 37.1 Å². The number of nitrogens with one attached hydrogen (secondary N) is 1. The maximum absolute atomic E-state index is 14.1. The number of aliphatic imine (C=N–C) groups is 1. The molecule has 2 saturated heterocycles. The van der Waals surface area contributed by atoms with Crippen molar-refractivity contribution >= 4 is 29.9 Å². The second-order valence-electron chi connectivity index (χ2n) is 8.61. The van der Waals surface area contributed by atoms with Crippen LogP contribution < -0.4 is 5.32 Å². The Balaban J connectivity index is 0.00000245. The third-order valence-electron chi connectivity index (χ3n) is 6.63. The van der Waals surface area contributed by atoms with E-state index < -0.39 is 11.6 Å². The van der Waals surface area contributed by atoms with Gasteiger partial charge in [-0.2, -0.15) is 0 Å². The van der Waals surface area contributed by atoms with E-state index in [-0.39, 0.29) is 47.6 Å².